The second kappa shape index (κ2) is 6.80. The molecule has 0 aliphatic rings. The molecule has 0 bridgehead atoms. The first-order chi connectivity index (χ1) is 9.58. The minimum atomic E-state index is -0.860. The number of halogens is 4. The average Bonchev–Trinajstić information content (AvgIpc) is 2.42. The van der Waals surface area contributed by atoms with E-state index in [1.807, 2.05) is 6.07 Å². The quantitative estimate of drug-likeness (QED) is 0.699. The van der Waals surface area contributed by atoms with E-state index in [-0.39, 0.29) is 11.7 Å². The normalized spacial score (nSPS) is 12.4. The Morgan fingerprint density at radius 1 is 0.850 bits per heavy atom. The zero-order chi connectivity index (χ0) is 14.5. The standard InChI is InChI=1S/C16H14ClF3/c17-10-13(6-11-2-1-3-14(18)8-11)7-12-4-5-15(19)16(20)9-12/h1-5,8-9,13H,6-7,10H2. The Morgan fingerprint density at radius 3 is 2.15 bits per heavy atom. The van der Waals surface area contributed by atoms with Gasteiger partial charge in [-0.05, 0) is 54.2 Å². The minimum absolute atomic E-state index is 0.0447. The summed E-state index contributed by atoms with van der Waals surface area (Å²) >= 11 is 5.92. The van der Waals surface area contributed by atoms with E-state index in [9.17, 15) is 13.2 Å². The van der Waals surface area contributed by atoms with Crippen molar-refractivity contribution >= 4 is 11.6 Å². The van der Waals surface area contributed by atoms with Crippen molar-refractivity contribution in [2.24, 2.45) is 5.92 Å². The predicted molar refractivity (Wildman–Crippen MR) is 74.4 cm³/mol. The van der Waals surface area contributed by atoms with Crippen molar-refractivity contribution < 1.29 is 13.2 Å². The Morgan fingerprint density at radius 2 is 1.55 bits per heavy atom. The van der Waals surface area contributed by atoms with Crippen LogP contribution in [0.2, 0.25) is 0 Å². The van der Waals surface area contributed by atoms with Crippen molar-refractivity contribution in [2.45, 2.75) is 12.8 Å². The smallest absolute Gasteiger partial charge is 0.159 e. The van der Waals surface area contributed by atoms with E-state index in [4.69, 9.17) is 11.6 Å². The highest BCUT2D eigenvalue weighted by Gasteiger charge is 2.12. The van der Waals surface area contributed by atoms with Gasteiger partial charge in [-0.2, -0.15) is 0 Å². The first-order valence-corrected chi connectivity index (χ1v) is 6.86. The van der Waals surface area contributed by atoms with Crippen molar-refractivity contribution in [1.82, 2.24) is 0 Å². The molecule has 0 fully saturated rings. The molecular weight excluding hydrogens is 285 g/mol. The highest BCUT2D eigenvalue weighted by Crippen LogP contribution is 2.18. The third kappa shape index (κ3) is 4.01. The summed E-state index contributed by atoms with van der Waals surface area (Å²) in [5, 5.41) is 0. The molecule has 0 aliphatic carbocycles. The fourth-order valence-electron chi connectivity index (χ4n) is 2.18. The van der Waals surface area contributed by atoms with Crippen LogP contribution in [0.3, 0.4) is 0 Å². The van der Waals surface area contributed by atoms with Gasteiger partial charge in [-0.25, -0.2) is 13.2 Å². The van der Waals surface area contributed by atoms with Gasteiger partial charge in [0, 0.05) is 5.88 Å². The second-order valence-electron chi connectivity index (χ2n) is 4.81. The molecule has 0 heterocycles. The van der Waals surface area contributed by atoms with Crippen molar-refractivity contribution in [2.75, 3.05) is 5.88 Å². The van der Waals surface area contributed by atoms with E-state index in [1.165, 1.54) is 18.2 Å². The second-order valence-corrected chi connectivity index (χ2v) is 5.12. The highest BCUT2D eigenvalue weighted by molar-refractivity contribution is 6.18. The van der Waals surface area contributed by atoms with E-state index in [0.717, 1.165) is 11.6 Å². The van der Waals surface area contributed by atoms with Crippen LogP contribution in [-0.4, -0.2) is 5.88 Å². The molecule has 0 aromatic heterocycles. The first kappa shape index (κ1) is 14.9. The molecule has 0 spiro atoms. The maximum atomic E-state index is 13.2. The summed E-state index contributed by atoms with van der Waals surface area (Å²) in [6.45, 7) is 0. The maximum absolute atomic E-state index is 13.2. The molecule has 0 saturated carbocycles. The number of alkyl halides is 1. The van der Waals surface area contributed by atoms with E-state index in [1.54, 1.807) is 12.1 Å². The molecule has 2 rings (SSSR count). The molecule has 0 radical (unpaired) electrons. The molecule has 0 aliphatic heterocycles. The Labute approximate surface area is 121 Å². The monoisotopic (exact) mass is 298 g/mol. The summed E-state index contributed by atoms with van der Waals surface area (Å²) in [6, 6.07) is 10.2. The van der Waals surface area contributed by atoms with Gasteiger partial charge in [0.15, 0.2) is 11.6 Å². The van der Waals surface area contributed by atoms with E-state index >= 15 is 0 Å². The lowest BCUT2D eigenvalue weighted by atomic mass is 9.94. The third-order valence-corrected chi connectivity index (χ3v) is 3.58. The van der Waals surface area contributed by atoms with Crippen LogP contribution in [0.5, 0.6) is 0 Å². The largest absolute Gasteiger partial charge is 0.207 e. The maximum Gasteiger partial charge on any atom is 0.159 e. The van der Waals surface area contributed by atoms with Gasteiger partial charge >= 0.3 is 0 Å². The van der Waals surface area contributed by atoms with Gasteiger partial charge in [-0.3, -0.25) is 0 Å². The Kier molecular flexibility index (Phi) is 5.07. The van der Waals surface area contributed by atoms with Crippen LogP contribution in [0.4, 0.5) is 13.2 Å². The van der Waals surface area contributed by atoms with Crippen LogP contribution in [0.1, 0.15) is 11.1 Å². The number of rotatable bonds is 5. The van der Waals surface area contributed by atoms with E-state index < -0.39 is 11.6 Å². The van der Waals surface area contributed by atoms with Crippen molar-refractivity contribution in [3.8, 4) is 0 Å². The summed E-state index contributed by atoms with van der Waals surface area (Å²) in [4.78, 5) is 0. The molecule has 2 aromatic rings. The molecule has 2 aromatic carbocycles. The van der Waals surface area contributed by atoms with Crippen LogP contribution in [0, 0.1) is 23.4 Å². The van der Waals surface area contributed by atoms with Gasteiger partial charge in [-0.1, -0.05) is 18.2 Å². The molecule has 106 valence electrons. The van der Waals surface area contributed by atoms with Crippen LogP contribution in [0.25, 0.3) is 0 Å². The van der Waals surface area contributed by atoms with Crippen LogP contribution >= 0.6 is 11.6 Å². The summed E-state index contributed by atoms with van der Waals surface area (Å²) in [6.07, 6.45) is 1.12. The summed E-state index contributed by atoms with van der Waals surface area (Å²) in [7, 11) is 0. The lowest BCUT2D eigenvalue weighted by Gasteiger charge is -2.14. The summed E-state index contributed by atoms with van der Waals surface area (Å²) in [5.74, 6) is -1.59. The van der Waals surface area contributed by atoms with Crippen LogP contribution in [-0.2, 0) is 12.8 Å². The molecule has 4 heteroatoms. The van der Waals surface area contributed by atoms with Crippen LogP contribution < -0.4 is 0 Å². The molecule has 1 atom stereocenters. The predicted octanol–water partition coefficient (Wildman–Crippen LogP) is 4.74. The van der Waals surface area contributed by atoms with Crippen molar-refractivity contribution in [3.05, 3.63) is 71.0 Å². The van der Waals surface area contributed by atoms with Crippen molar-refractivity contribution in [1.29, 1.82) is 0 Å². The molecular formula is C16H14ClF3. The minimum Gasteiger partial charge on any atom is -0.207 e. The van der Waals surface area contributed by atoms with Gasteiger partial charge in [-0.15, -0.1) is 11.6 Å². The molecule has 20 heavy (non-hydrogen) atoms. The Balaban J connectivity index is 2.07. The lowest BCUT2D eigenvalue weighted by Crippen LogP contribution is -2.10. The Bertz CT molecular complexity index is 584. The number of hydrogen-bond acceptors (Lipinski definition) is 0. The SMILES string of the molecule is Fc1cccc(CC(CCl)Cc2ccc(F)c(F)c2)c1. The van der Waals surface area contributed by atoms with Gasteiger partial charge in [0.05, 0.1) is 0 Å². The van der Waals surface area contributed by atoms with Gasteiger partial charge < -0.3 is 0 Å². The van der Waals surface area contributed by atoms with Crippen LogP contribution in [0.15, 0.2) is 42.5 Å². The highest BCUT2D eigenvalue weighted by atomic mass is 35.5. The molecule has 0 nitrogen and oxygen atoms in total. The summed E-state index contributed by atoms with van der Waals surface area (Å²) in [5.41, 5.74) is 1.53. The fourth-order valence-corrected chi connectivity index (χ4v) is 2.40. The topological polar surface area (TPSA) is 0 Å². The molecule has 0 saturated heterocycles. The number of benzene rings is 2. The zero-order valence-electron chi connectivity index (χ0n) is 10.8. The summed E-state index contributed by atoms with van der Waals surface area (Å²) < 4.78 is 39.1. The Hall–Kier alpha value is -1.48. The number of hydrogen-bond donors (Lipinski definition) is 0. The van der Waals surface area contributed by atoms with Gasteiger partial charge in [0.1, 0.15) is 5.82 Å². The van der Waals surface area contributed by atoms with Gasteiger partial charge in [0.2, 0.25) is 0 Å². The first-order valence-electron chi connectivity index (χ1n) is 6.33. The third-order valence-electron chi connectivity index (χ3n) is 3.14. The molecule has 1 unspecified atom stereocenters. The van der Waals surface area contributed by atoms with Gasteiger partial charge in [0.25, 0.3) is 0 Å². The average molecular weight is 299 g/mol. The zero-order valence-corrected chi connectivity index (χ0v) is 11.5. The fraction of sp³-hybridized carbons (Fsp3) is 0.250. The molecule has 0 N–H and O–H groups in total. The molecule has 0 amide bonds. The lowest BCUT2D eigenvalue weighted by molar-refractivity contribution is 0.503. The van der Waals surface area contributed by atoms with E-state index in [0.29, 0.717) is 24.3 Å². The van der Waals surface area contributed by atoms with Crippen molar-refractivity contribution in [3.63, 3.8) is 0 Å². The van der Waals surface area contributed by atoms with E-state index in [2.05, 4.69) is 0 Å².